The van der Waals surface area contributed by atoms with Gasteiger partial charge in [-0.05, 0) is 74.1 Å². The lowest BCUT2D eigenvalue weighted by atomic mass is 9.99. The van der Waals surface area contributed by atoms with Gasteiger partial charge >= 0.3 is 0 Å². The van der Waals surface area contributed by atoms with Crippen molar-refractivity contribution in [2.75, 3.05) is 31.1 Å². The van der Waals surface area contributed by atoms with E-state index < -0.39 is 0 Å². The van der Waals surface area contributed by atoms with Crippen molar-refractivity contribution in [3.63, 3.8) is 0 Å². The van der Waals surface area contributed by atoms with Gasteiger partial charge in [-0.1, -0.05) is 13.3 Å². The first-order chi connectivity index (χ1) is 10.8. The summed E-state index contributed by atoms with van der Waals surface area (Å²) in [5.41, 5.74) is 2.90. The van der Waals surface area contributed by atoms with E-state index in [2.05, 4.69) is 34.0 Å². The Morgan fingerprint density at radius 1 is 1.09 bits per heavy atom. The maximum atomic E-state index is 10.8. The number of hydrogen-bond donors (Lipinski definition) is 0. The molecule has 0 bridgehead atoms. The lowest BCUT2D eigenvalue weighted by Gasteiger charge is -2.41. The summed E-state index contributed by atoms with van der Waals surface area (Å²) in [5.74, 6) is 0. The number of aryl methyl sites for hydroxylation is 1. The number of piperidine rings is 2. The monoisotopic (exact) mass is 301 g/mol. The largest absolute Gasteiger partial charge is 0.371 e. The van der Waals surface area contributed by atoms with Crippen LogP contribution in [0.1, 0.15) is 44.6 Å². The average Bonchev–Trinajstić information content (AvgIpc) is 2.62. The summed E-state index contributed by atoms with van der Waals surface area (Å²) in [4.78, 5) is 16.0. The van der Waals surface area contributed by atoms with Crippen molar-refractivity contribution in [1.29, 1.82) is 0 Å². The summed E-state index contributed by atoms with van der Waals surface area (Å²) in [6.07, 6.45) is 7.54. The second-order valence-electron chi connectivity index (χ2n) is 6.57. The highest BCUT2D eigenvalue weighted by molar-refractivity contribution is 5.58. The summed E-state index contributed by atoms with van der Waals surface area (Å²) >= 11 is 0. The first kappa shape index (κ1) is 15.5. The van der Waals surface area contributed by atoms with E-state index in [4.69, 9.17) is 0 Å². The fraction of sp³-hybridized carbons (Fsp3) is 0.667. The zero-order chi connectivity index (χ0) is 15.4. The van der Waals surface area contributed by atoms with Crippen LogP contribution >= 0.6 is 0 Å². The van der Waals surface area contributed by atoms with Gasteiger partial charge in [-0.25, -0.2) is 0 Å². The minimum Gasteiger partial charge on any atom is -0.371 e. The highest BCUT2D eigenvalue weighted by Gasteiger charge is 2.25. The van der Waals surface area contributed by atoms with E-state index in [1.807, 2.05) is 6.07 Å². The maximum absolute atomic E-state index is 10.8. The van der Waals surface area contributed by atoms with E-state index in [9.17, 15) is 4.91 Å². The van der Waals surface area contributed by atoms with Crippen molar-refractivity contribution in [3.05, 3.63) is 28.7 Å². The van der Waals surface area contributed by atoms with Gasteiger partial charge in [-0.15, -0.1) is 4.91 Å². The van der Waals surface area contributed by atoms with Crippen molar-refractivity contribution in [3.8, 4) is 0 Å². The first-order valence-electron chi connectivity index (χ1n) is 8.77. The molecule has 2 fully saturated rings. The third kappa shape index (κ3) is 3.32. The van der Waals surface area contributed by atoms with E-state index in [0.717, 1.165) is 31.1 Å². The van der Waals surface area contributed by atoms with Crippen molar-refractivity contribution in [1.82, 2.24) is 4.90 Å². The summed E-state index contributed by atoms with van der Waals surface area (Å²) in [7, 11) is 0. The summed E-state index contributed by atoms with van der Waals surface area (Å²) in [6, 6.07) is 6.85. The number of benzene rings is 1. The van der Waals surface area contributed by atoms with Crippen LogP contribution in [0.15, 0.2) is 23.4 Å². The van der Waals surface area contributed by atoms with E-state index in [0.29, 0.717) is 5.69 Å². The van der Waals surface area contributed by atoms with Gasteiger partial charge in [0.25, 0.3) is 0 Å². The number of rotatable bonds is 4. The Morgan fingerprint density at radius 2 is 1.82 bits per heavy atom. The Labute approximate surface area is 133 Å². The van der Waals surface area contributed by atoms with Crippen LogP contribution in [0.25, 0.3) is 0 Å². The fourth-order valence-electron chi connectivity index (χ4n) is 3.91. The first-order valence-corrected chi connectivity index (χ1v) is 8.77. The van der Waals surface area contributed by atoms with Gasteiger partial charge in [0.2, 0.25) is 0 Å². The molecule has 1 aromatic carbocycles. The Morgan fingerprint density at radius 3 is 2.45 bits per heavy atom. The van der Waals surface area contributed by atoms with E-state index in [1.54, 1.807) is 0 Å². The third-order valence-corrected chi connectivity index (χ3v) is 5.28. The highest BCUT2D eigenvalue weighted by atomic mass is 16.3. The lowest BCUT2D eigenvalue weighted by molar-refractivity contribution is 0.141. The van der Waals surface area contributed by atoms with Crippen LogP contribution in [0, 0.1) is 4.91 Å². The highest BCUT2D eigenvalue weighted by Crippen LogP contribution is 2.29. The molecule has 1 aromatic rings. The molecule has 0 unspecified atom stereocenters. The van der Waals surface area contributed by atoms with Crippen LogP contribution in [0.3, 0.4) is 0 Å². The zero-order valence-corrected chi connectivity index (χ0v) is 13.6. The number of likely N-dealkylation sites (tertiary alicyclic amines) is 1. The van der Waals surface area contributed by atoms with Gasteiger partial charge in [0, 0.05) is 24.8 Å². The predicted octanol–water partition coefficient (Wildman–Crippen LogP) is 4.10. The lowest BCUT2D eigenvalue weighted by Crippen LogP contribution is -2.46. The van der Waals surface area contributed by atoms with Crippen molar-refractivity contribution >= 4 is 11.4 Å². The number of nitroso groups, excluding NO2 is 1. The quantitative estimate of drug-likeness (QED) is 0.785. The molecule has 2 aliphatic heterocycles. The molecule has 4 heteroatoms. The van der Waals surface area contributed by atoms with Crippen LogP contribution in [0.2, 0.25) is 0 Å². The van der Waals surface area contributed by atoms with E-state index in [-0.39, 0.29) is 0 Å². The summed E-state index contributed by atoms with van der Waals surface area (Å²) in [5, 5.41) is 3.13. The molecule has 120 valence electrons. The normalized spacial score (nSPS) is 21.0. The molecular weight excluding hydrogens is 274 g/mol. The molecule has 2 saturated heterocycles. The number of nitrogens with zero attached hydrogens (tertiary/aromatic N) is 3. The molecule has 0 aromatic heterocycles. The zero-order valence-electron chi connectivity index (χ0n) is 13.6. The molecule has 22 heavy (non-hydrogen) atoms. The standard InChI is InChI=1S/C18H27N3O/c1-2-15-14-17(6-7-18(15)19-22)21-12-8-16(9-13-21)20-10-4-3-5-11-20/h6-7,14,16H,2-5,8-13H2,1H3. The molecule has 0 saturated carbocycles. The van der Waals surface area contributed by atoms with Gasteiger partial charge in [0.1, 0.15) is 5.69 Å². The van der Waals surface area contributed by atoms with Gasteiger partial charge in [-0.2, -0.15) is 0 Å². The van der Waals surface area contributed by atoms with Gasteiger partial charge < -0.3 is 9.80 Å². The SMILES string of the molecule is CCc1cc(N2CCC(N3CCCCC3)CC2)ccc1N=O. The number of anilines is 1. The fourth-order valence-corrected chi connectivity index (χ4v) is 3.91. The second-order valence-corrected chi connectivity index (χ2v) is 6.57. The van der Waals surface area contributed by atoms with Crippen LogP contribution in [0.5, 0.6) is 0 Å². The smallest absolute Gasteiger partial charge is 0.111 e. The molecule has 0 radical (unpaired) electrons. The summed E-state index contributed by atoms with van der Waals surface area (Å²) < 4.78 is 0. The molecule has 2 aliphatic rings. The van der Waals surface area contributed by atoms with Crippen molar-refractivity contribution in [2.45, 2.75) is 51.5 Å². The molecule has 4 nitrogen and oxygen atoms in total. The predicted molar refractivity (Wildman–Crippen MR) is 91.9 cm³/mol. The molecule has 0 N–H and O–H groups in total. The van der Waals surface area contributed by atoms with Gasteiger partial charge in [-0.3, -0.25) is 0 Å². The van der Waals surface area contributed by atoms with Crippen molar-refractivity contribution < 1.29 is 0 Å². The third-order valence-electron chi connectivity index (χ3n) is 5.28. The van der Waals surface area contributed by atoms with Crippen LogP contribution in [0.4, 0.5) is 11.4 Å². The molecule has 0 aliphatic carbocycles. The Hall–Kier alpha value is -1.42. The van der Waals surface area contributed by atoms with Crippen LogP contribution in [-0.4, -0.2) is 37.1 Å². The average molecular weight is 301 g/mol. The van der Waals surface area contributed by atoms with Gasteiger partial charge in [0.05, 0.1) is 0 Å². The topological polar surface area (TPSA) is 35.9 Å². The Kier molecular flexibility index (Phi) is 5.08. The molecular formula is C18H27N3O. The van der Waals surface area contributed by atoms with Gasteiger partial charge in [0.15, 0.2) is 0 Å². The minimum absolute atomic E-state index is 0.592. The number of hydrogen-bond acceptors (Lipinski definition) is 4. The van der Waals surface area contributed by atoms with Crippen LogP contribution < -0.4 is 4.90 Å². The maximum Gasteiger partial charge on any atom is 0.111 e. The van der Waals surface area contributed by atoms with E-state index in [1.165, 1.54) is 50.9 Å². The molecule has 0 amide bonds. The second kappa shape index (κ2) is 7.23. The van der Waals surface area contributed by atoms with Crippen molar-refractivity contribution in [2.24, 2.45) is 5.18 Å². The summed E-state index contributed by atoms with van der Waals surface area (Å²) in [6.45, 7) is 6.92. The molecule has 0 atom stereocenters. The Balaban J connectivity index is 1.62. The molecule has 2 heterocycles. The molecule has 0 spiro atoms. The molecule has 3 rings (SSSR count). The Bertz CT molecular complexity index is 503. The minimum atomic E-state index is 0.592. The van der Waals surface area contributed by atoms with E-state index >= 15 is 0 Å². The van der Waals surface area contributed by atoms with Crippen LogP contribution in [-0.2, 0) is 6.42 Å².